The van der Waals surface area contributed by atoms with Crippen LogP contribution in [0.4, 0.5) is 0 Å². The Balaban J connectivity index is 2.75. The summed E-state index contributed by atoms with van der Waals surface area (Å²) >= 11 is 5.88. The summed E-state index contributed by atoms with van der Waals surface area (Å²) in [5.41, 5.74) is 10.2. The van der Waals surface area contributed by atoms with Gasteiger partial charge in [0.2, 0.25) is 0 Å². The first-order valence-electron chi connectivity index (χ1n) is 3.98. The topological polar surface area (TPSA) is 48.8 Å². The minimum Gasteiger partial charge on any atom is -0.118 e. The van der Waals surface area contributed by atoms with Gasteiger partial charge in [0.25, 0.3) is 0 Å². The molecule has 0 aliphatic heterocycles. The highest BCUT2D eigenvalue weighted by molar-refractivity contribution is 6.20. The minimum absolute atomic E-state index is 0.0218. The van der Waals surface area contributed by atoms with Crippen LogP contribution in [0, 0.1) is 0 Å². The van der Waals surface area contributed by atoms with Crippen molar-refractivity contribution in [2.45, 2.75) is 18.8 Å². The zero-order valence-electron chi connectivity index (χ0n) is 7.31. The summed E-state index contributed by atoms with van der Waals surface area (Å²) in [5.74, 6) is 0. The Hall–Kier alpha value is -1.18. The highest BCUT2D eigenvalue weighted by Crippen LogP contribution is 2.19. The lowest BCUT2D eigenvalue weighted by molar-refractivity contribution is 1.03. The van der Waals surface area contributed by atoms with Crippen LogP contribution in [0.2, 0.25) is 0 Å². The lowest BCUT2D eigenvalue weighted by Crippen LogP contribution is -1.85. The first-order chi connectivity index (χ1) is 6.24. The maximum absolute atomic E-state index is 8.11. The van der Waals surface area contributed by atoms with E-state index >= 15 is 0 Å². The molecule has 1 aromatic carbocycles. The average Bonchev–Trinajstić information content (AvgIpc) is 2.15. The monoisotopic (exact) mass is 195 g/mol. The molecule has 3 nitrogen and oxygen atoms in total. The van der Waals surface area contributed by atoms with Crippen molar-refractivity contribution in [3.63, 3.8) is 0 Å². The first kappa shape index (κ1) is 9.90. The van der Waals surface area contributed by atoms with Gasteiger partial charge in [0, 0.05) is 4.91 Å². The normalized spacial score (nSPS) is 11.8. The van der Waals surface area contributed by atoms with Crippen molar-refractivity contribution in [2.24, 2.45) is 5.11 Å². The van der Waals surface area contributed by atoms with Gasteiger partial charge in [-0.25, -0.2) is 0 Å². The number of nitrogens with zero attached hydrogens (tertiary/aromatic N) is 3. The molecule has 0 N–H and O–H groups in total. The van der Waals surface area contributed by atoms with Crippen molar-refractivity contribution in [3.8, 4) is 0 Å². The molecule has 13 heavy (non-hydrogen) atoms. The van der Waals surface area contributed by atoms with Crippen molar-refractivity contribution >= 4 is 11.6 Å². The van der Waals surface area contributed by atoms with Crippen LogP contribution in [0.15, 0.2) is 29.4 Å². The molecule has 68 valence electrons. The molecule has 0 heterocycles. The fraction of sp³-hybridized carbons (Fsp3) is 0.333. The predicted molar refractivity (Wildman–Crippen MR) is 53.6 cm³/mol. The second-order valence-corrected chi connectivity index (χ2v) is 3.40. The summed E-state index contributed by atoms with van der Waals surface area (Å²) in [5, 5.41) is 3.49. The van der Waals surface area contributed by atoms with Crippen molar-refractivity contribution < 1.29 is 0 Å². The molecule has 0 amide bonds. The maximum atomic E-state index is 8.11. The van der Waals surface area contributed by atoms with Gasteiger partial charge in [-0.1, -0.05) is 29.4 Å². The molecule has 0 spiro atoms. The van der Waals surface area contributed by atoms with Gasteiger partial charge in [0.1, 0.15) is 0 Å². The van der Waals surface area contributed by atoms with Crippen molar-refractivity contribution in [1.29, 1.82) is 0 Å². The predicted octanol–water partition coefficient (Wildman–Crippen LogP) is 3.80. The Morgan fingerprint density at radius 1 is 1.46 bits per heavy atom. The van der Waals surface area contributed by atoms with Crippen LogP contribution in [-0.2, 0) is 6.54 Å². The van der Waals surface area contributed by atoms with Gasteiger partial charge in [0.15, 0.2) is 0 Å². The lowest BCUT2D eigenvalue weighted by Gasteiger charge is -2.03. The Kier molecular flexibility index (Phi) is 3.62. The van der Waals surface area contributed by atoms with E-state index < -0.39 is 0 Å². The van der Waals surface area contributed by atoms with Crippen LogP contribution < -0.4 is 0 Å². The second-order valence-electron chi connectivity index (χ2n) is 2.75. The van der Waals surface area contributed by atoms with E-state index in [9.17, 15) is 0 Å². The average molecular weight is 196 g/mol. The lowest BCUT2D eigenvalue weighted by atomic mass is 10.1. The zero-order chi connectivity index (χ0) is 9.68. The smallest absolute Gasteiger partial charge is 0.0557 e. The number of hydrogen-bond acceptors (Lipinski definition) is 1. The van der Waals surface area contributed by atoms with Crippen LogP contribution in [0.3, 0.4) is 0 Å². The van der Waals surface area contributed by atoms with Crippen LogP contribution in [0.5, 0.6) is 0 Å². The minimum atomic E-state index is 0.0218. The number of azide groups is 1. The van der Waals surface area contributed by atoms with E-state index in [1.54, 1.807) is 0 Å². The fourth-order valence-electron chi connectivity index (χ4n) is 1.00. The van der Waals surface area contributed by atoms with Crippen LogP contribution in [0.1, 0.15) is 23.4 Å². The standard InChI is InChI=1S/C9H10ClN3/c1-7(10)9-4-2-8(3-5-9)6-12-13-11/h2-5,7H,6H2,1H3. The van der Waals surface area contributed by atoms with Gasteiger partial charge in [-0.2, -0.15) is 0 Å². The van der Waals surface area contributed by atoms with E-state index in [4.69, 9.17) is 17.1 Å². The largest absolute Gasteiger partial charge is 0.118 e. The molecular weight excluding hydrogens is 186 g/mol. The Morgan fingerprint density at radius 3 is 2.54 bits per heavy atom. The summed E-state index contributed by atoms with van der Waals surface area (Å²) in [6, 6.07) is 7.73. The second kappa shape index (κ2) is 4.75. The summed E-state index contributed by atoms with van der Waals surface area (Å²) in [6.07, 6.45) is 0. The van der Waals surface area contributed by atoms with E-state index in [-0.39, 0.29) is 5.38 Å². The van der Waals surface area contributed by atoms with Gasteiger partial charge in [0.05, 0.1) is 11.9 Å². The number of alkyl halides is 1. The number of hydrogen-bond donors (Lipinski definition) is 0. The number of rotatable bonds is 3. The van der Waals surface area contributed by atoms with Gasteiger partial charge < -0.3 is 0 Å². The van der Waals surface area contributed by atoms with E-state index in [2.05, 4.69) is 10.0 Å². The molecule has 0 aromatic heterocycles. The quantitative estimate of drug-likeness (QED) is 0.305. The SMILES string of the molecule is CC(Cl)c1ccc(CN=[N+]=[N-])cc1. The first-order valence-corrected chi connectivity index (χ1v) is 4.41. The van der Waals surface area contributed by atoms with Crippen LogP contribution >= 0.6 is 11.6 Å². The molecule has 0 saturated heterocycles. The van der Waals surface area contributed by atoms with E-state index in [1.165, 1.54) is 0 Å². The zero-order valence-corrected chi connectivity index (χ0v) is 8.07. The molecule has 0 aliphatic rings. The fourth-order valence-corrected chi connectivity index (χ4v) is 1.15. The highest BCUT2D eigenvalue weighted by atomic mass is 35.5. The Bertz CT molecular complexity index is 312. The molecule has 0 bridgehead atoms. The molecule has 0 fully saturated rings. The van der Waals surface area contributed by atoms with E-state index in [0.717, 1.165) is 11.1 Å². The van der Waals surface area contributed by atoms with Crippen molar-refractivity contribution in [3.05, 3.63) is 45.8 Å². The molecule has 4 heteroatoms. The molecule has 1 atom stereocenters. The summed E-state index contributed by atoms with van der Waals surface area (Å²) in [4.78, 5) is 2.69. The molecule has 0 saturated carbocycles. The van der Waals surface area contributed by atoms with Gasteiger partial charge in [-0.05, 0) is 23.6 Å². The summed E-state index contributed by atoms with van der Waals surface area (Å²) in [7, 11) is 0. The van der Waals surface area contributed by atoms with Gasteiger partial charge in [-0.3, -0.25) is 0 Å². The summed E-state index contributed by atoms with van der Waals surface area (Å²) in [6.45, 7) is 2.32. The highest BCUT2D eigenvalue weighted by Gasteiger charge is 1.99. The molecule has 0 aliphatic carbocycles. The molecule has 0 radical (unpaired) electrons. The maximum Gasteiger partial charge on any atom is 0.0557 e. The number of benzene rings is 1. The summed E-state index contributed by atoms with van der Waals surface area (Å²) < 4.78 is 0. The third-order valence-corrected chi connectivity index (χ3v) is 2.01. The third kappa shape index (κ3) is 2.98. The Morgan fingerprint density at radius 2 is 2.08 bits per heavy atom. The van der Waals surface area contributed by atoms with E-state index in [1.807, 2.05) is 31.2 Å². The van der Waals surface area contributed by atoms with Crippen LogP contribution in [-0.4, -0.2) is 0 Å². The number of halogens is 1. The van der Waals surface area contributed by atoms with Crippen molar-refractivity contribution in [1.82, 2.24) is 0 Å². The Labute approximate surface area is 82.0 Å². The van der Waals surface area contributed by atoms with Gasteiger partial charge in [-0.15, -0.1) is 11.6 Å². The van der Waals surface area contributed by atoms with Crippen LogP contribution in [0.25, 0.3) is 10.4 Å². The molecule has 1 aromatic rings. The molecular formula is C9H10ClN3. The molecule has 1 rings (SSSR count). The third-order valence-electron chi connectivity index (χ3n) is 1.76. The van der Waals surface area contributed by atoms with Gasteiger partial charge >= 0.3 is 0 Å². The van der Waals surface area contributed by atoms with E-state index in [0.29, 0.717) is 6.54 Å². The molecule has 1 unspecified atom stereocenters. The van der Waals surface area contributed by atoms with Crippen molar-refractivity contribution in [2.75, 3.05) is 0 Å².